The van der Waals surface area contributed by atoms with E-state index in [4.69, 9.17) is 4.74 Å². The minimum absolute atomic E-state index is 0.201. The van der Waals surface area contributed by atoms with E-state index in [9.17, 15) is 14.3 Å². The van der Waals surface area contributed by atoms with Gasteiger partial charge in [-0.15, -0.1) is 0 Å². The minimum Gasteiger partial charge on any atom is -0.496 e. The number of hydrogen-bond acceptors (Lipinski definition) is 4. The van der Waals surface area contributed by atoms with E-state index in [1.165, 1.54) is 25.3 Å². The van der Waals surface area contributed by atoms with Gasteiger partial charge >= 0.3 is 0 Å². The van der Waals surface area contributed by atoms with Gasteiger partial charge in [0.2, 0.25) is 0 Å². The molecule has 1 heterocycles. The lowest BCUT2D eigenvalue weighted by Gasteiger charge is -2.11. The number of ether oxygens (including phenoxy) is 1. The monoisotopic (exact) mass is 366 g/mol. The fourth-order valence-corrected chi connectivity index (χ4v) is 2.85. The minimum atomic E-state index is -0.308. The van der Waals surface area contributed by atoms with Crippen molar-refractivity contribution in [2.24, 2.45) is 0 Å². The van der Waals surface area contributed by atoms with Crippen molar-refractivity contribution in [1.82, 2.24) is 10.2 Å². The number of carbonyl (C=O) groups excluding carboxylic acids is 1. The Hall–Kier alpha value is -3.25. The molecule has 0 radical (unpaired) electrons. The molecular weight excluding hydrogens is 347 g/mol. The van der Waals surface area contributed by atoms with Crippen LogP contribution in [0.4, 0.5) is 4.39 Å². The molecule has 0 aliphatic carbocycles. The van der Waals surface area contributed by atoms with Crippen LogP contribution in [0.25, 0.3) is 17.3 Å². The van der Waals surface area contributed by atoms with Crippen molar-refractivity contribution in [3.8, 4) is 17.0 Å². The first-order valence-corrected chi connectivity index (χ1v) is 8.34. The number of aliphatic hydroxyl groups excluding tert-OH is 1. The highest BCUT2D eigenvalue weighted by Crippen LogP contribution is 2.26. The Bertz CT molecular complexity index is 991. The Morgan fingerprint density at radius 1 is 1.26 bits per heavy atom. The van der Waals surface area contributed by atoms with Crippen molar-refractivity contribution in [1.29, 1.82) is 0 Å². The standard InChI is InChI=1S/C21H19FN2O3/c1-13-9-15(10-16(12-25)21(13)27-2)20(26)8-7-18-11-19(24-23-18)14-3-5-17(22)6-4-14/h3-11,25H,12H2,1-2H3,(H,23,24)/b8-7+. The number of methoxy groups -OCH3 is 1. The smallest absolute Gasteiger partial charge is 0.185 e. The predicted molar refractivity (Wildman–Crippen MR) is 101 cm³/mol. The van der Waals surface area contributed by atoms with Gasteiger partial charge in [0.1, 0.15) is 11.6 Å². The molecule has 0 aliphatic heterocycles. The van der Waals surface area contributed by atoms with Crippen LogP contribution in [-0.4, -0.2) is 28.2 Å². The Kier molecular flexibility index (Phi) is 5.47. The molecule has 0 saturated carbocycles. The Balaban J connectivity index is 1.79. The molecule has 0 amide bonds. The van der Waals surface area contributed by atoms with Crippen molar-refractivity contribution in [2.75, 3.05) is 7.11 Å². The zero-order valence-electron chi connectivity index (χ0n) is 15.0. The first-order valence-electron chi connectivity index (χ1n) is 8.34. The average molecular weight is 366 g/mol. The van der Waals surface area contributed by atoms with E-state index in [-0.39, 0.29) is 18.2 Å². The first-order chi connectivity index (χ1) is 13.0. The lowest BCUT2D eigenvalue weighted by atomic mass is 10.0. The summed E-state index contributed by atoms with van der Waals surface area (Å²) >= 11 is 0. The van der Waals surface area contributed by atoms with Crippen LogP contribution in [0.3, 0.4) is 0 Å². The number of carbonyl (C=O) groups is 1. The van der Waals surface area contributed by atoms with Gasteiger partial charge in [0, 0.05) is 16.7 Å². The molecule has 3 rings (SSSR count). The van der Waals surface area contributed by atoms with E-state index in [0.717, 1.165) is 11.1 Å². The number of nitrogens with zero attached hydrogens (tertiary/aromatic N) is 1. The van der Waals surface area contributed by atoms with Gasteiger partial charge in [-0.3, -0.25) is 9.89 Å². The van der Waals surface area contributed by atoms with Crippen LogP contribution in [0.15, 0.2) is 48.5 Å². The second-order valence-electron chi connectivity index (χ2n) is 6.06. The molecule has 5 nitrogen and oxygen atoms in total. The maximum absolute atomic E-state index is 13.0. The number of aryl methyl sites for hydroxylation is 1. The molecule has 6 heteroatoms. The zero-order chi connectivity index (χ0) is 19.4. The lowest BCUT2D eigenvalue weighted by molar-refractivity contribution is 0.104. The highest BCUT2D eigenvalue weighted by atomic mass is 19.1. The predicted octanol–water partition coefficient (Wildman–Crippen LogP) is 3.92. The molecule has 2 aromatic carbocycles. The van der Waals surface area contributed by atoms with Crippen LogP contribution in [0.2, 0.25) is 0 Å². The summed E-state index contributed by atoms with van der Waals surface area (Å²) in [6, 6.07) is 11.1. The summed E-state index contributed by atoms with van der Waals surface area (Å²) < 4.78 is 18.3. The summed E-state index contributed by atoms with van der Waals surface area (Å²) in [6.07, 6.45) is 3.06. The van der Waals surface area contributed by atoms with E-state index in [1.807, 2.05) is 6.92 Å². The Morgan fingerprint density at radius 3 is 2.67 bits per heavy atom. The molecule has 0 bridgehead atoms. The molecular formula is C21H19FN2O3. The topological polar surface area (TPSA) is 75.2 Å². The molecule has 27 heavy (non-hydrogen) atoms. The van der Waals surface area contributed by atoms with Gasteiger partial charge in [0.25, 0.3) is 0 Å². The van der Waals surface area contributed by atoms with Gasteiger partial charge in [-0.1, -0.05) is 0 Å². The number of benzene rings is 2. The number of ketones is 1. The number of hydrogen-bond donors (Lipinski definition) is 2. The molecule has 2 N–H and O–H groups in total. The number of aromatic amines is 1. The van der Waals surface area contributed by atoms with E-state index >= 15 is 0 Å². The van der Waals surface area contributed by atoms with E-state index in [0.29, 0.717) is 28.3 Å². The summed E-state index contributed by atoms with van der Waals surface area (Å²) in [5.74, 6) is 0.0703. The van der Waals surface area contributed by atoms with Crippen molar-refractivity contribution in [3.05, 3.63) is 76.7 Å². The highest BCUT2D eigenvalue weighted by Gasteiger charge is 2.11. The number of nitrogens with one attached hydrogen (secondary N) is 1. The van der Waals surface area contributed by atoms with Gasteiger partial charge in [0.15, 0.2) is 5.78 Å². The molecule has 0 atom stereocenters. The molecule has 1 aromatic heterocycles. The summed E-state index contributed by atoms with van der Waals surface area (Å²) in [7, 11) is 1.53. The Labute approximate surface area is 156 Å². The van der Waals surface area contributed by atoms with Crippen LogP contribution >= 0.6 is 0 Å². The maximum atomic E-state index is 13.0. The van der Waals surface area contributed by atoms with Crippen molar-refractivity contribution in [2.45, 2.75) is 13.5 Å². The van der Waals surface area contributed by atoms with E-state index in [2.05, 4.69) is 10.2 Å². The van der Waals surface area contributed by atoms with Gasteiger partial charge in [0.05, 0.1) is 25.1 Å². The molecule has 3 aromatic rings. The van der Waals surface area contributed by atoms with Crippen LogP contribution in [0.1, 0.15) is 27.2 Å². The third-order valence-electron chi connectivity index (χ3n) is 4.16. The molecule has 0 fully saturated rings. The van der Waals surface area contributed by atoms with Crippen LogP contribution in [0.5, 0.6) is 5.75 Å². The SMILES string of the molecule is COc1c(C)cc(C(=O)/C=C/c2cc(-c3ccc(F)cc3)n[nH]2)cc1CO. The fraction of sp³-hybridized carbons (Fsp3) is 0.143. The second kappa shape index (κ2) is 7.97. The average Bonchev–Trinajstić information content (AvgIpc) is 3.15. The summed E-state index contributed by atoms with van der Waals surface area (Å²) in [5.41, 5.74) is 3.89. The first kappa shape index (κ1) is 18.5. The van der Waals surface area contributed by atoms with Crippen LogP contribution in [-0.2, 0) is 6.61 Å². The second-order valence-corrected chi connectivity index (χ2v) is 6.06. The number of H-pyrrole nitrogens is 1. The number of aromatic nitrogens is 2. The lowest BCUT2D eigenvalue weighted by Crippen LogP contribution is -2.01. The zero-order valence-corrected chi connectivity index (χ0v) is 15.0. The van der Waals surface area contributed by atoms with Crippen LogP contribution in [0, 0.1) is 12.7 Å². The summed E-state index contributed by atoms with van der Waals surface area (Å²) in [4.78, 5) is 12.5. The molecule has 0 aliphatic rings. The van der Waals surface area contributed by atoms with Gasteiger partial charge in [-0.2, -0.15) is 5.10 Å². The van der Waals surface area contributed by atoms with E-state index < -0.39 is 0 Å². The number of allylic oxidation sites excluding steroid dienone is 1. The van der Waals surface area contributed by atoms with Crippen molar-refractivity contribution >= 4 is 11.9 Å². The van der Waals surface area contributed by atoms with Crippen LogP contribution < -0.4 is 4.74 Å². The van der Waals surface area contributed by atoms with Crippen molar-refractivity contribution in [3.63, 3.8) is 0 Å². The molecule has 138 valence electrons. The fourth-order valence-electron chi connectivity index (χ4n) is 2.85. The third-order valence-corrected chi connectivity index (χ3v) is 4.16. The molecule has 0 unspecified atom stereocenters. The number of rotatable bonds is 6. The van der Waals surface area contributed by atoms with E-state index in [1.54, 1.807) is 36.4 Å². The summed E-state index contributed by atoms with van der Waals surface area (Å²) in [5, 5.41) is 16.5. The van der Waals surface area contributed by atoms with Gasteiger partial charge < -0.3 is 9.84 Å². The van der Waals surface area contributed by atoms with Crippen molar-refractivity contribution < 1.29 is 19.0 Å². The van der Waals surface area contributed by atoms with Gasteiger partial charge in [-0.05, 0) is 67.1 Å². The number of aliphatic hydroxyl groups is 1. The molecule has 0 spiro atoms. The summed E-state index contributed by atoms with van der Waals surface area (Å²) in [6.45, 7) is 1.61. The normalized spacial score (nSPS) is 11.1. The largest absolute Gasteiger partial charge is 0.496 e. The highest BCUT2D eigenvalue weighted by molar-refractivity contribution is 6.07. The Morgan fingerprint density at radius 2 is 2.00 bits per heavy atom. The quantitative estimate of drug-likeness (QED) is 0.512. The number of halogens is 1. The molecule has 0 saturated heterocycles. The maximum Gasteiger partial charge on any atom is 0.185 e. The van der Waals surface area contributed by atoms with Gasteiger partial charge in [-0.25, -0.2) is 4.39 Å². The third kappa shape index (κ3) is 4.12.